The van der Waals surface area contributed by atoms with Gasteiger partial charge in [0.2, 0.25) is 0 Å². The summed E-state index contributed by atoms with van der Waals surface area (Å²) in [6.07, 6.45) is 5.17. The lowest BCUT2D eigenvalue weighted by molar-refractivity contribution is -0.137. The lowest BCUT2D eigenvalue weighted by Gasteiger charge is -1.97. The smallest absolute Gasteiger partial charge is 0.330 e. The maximum atomic E-state index is 10.3. The molecule has 0 radical (unpaired) electrons. The molecule has 1 N–H and O–H groups in total. The van der Waals surface area contributed by atoms with Crippen LogP contribution < -0.4 is 0 Å². The molecular formula is C13H19NO4. The number of carbonyl (C=O) groups is 2. The molecule has 0 rings (SSSR count). The molecule has 0 aliphatic carbocycles. The Morgan fingerprint density at radius 2 is 1.78 bits per heavy atom. The van der Waals surface area contributed by atoms with Crippen LogP contribution in [0, 0.1) is 11.3 Å². The van der Waals surface area contributed by atoms with E-state index in [1.807, 2.05) is 6.92 Å². The molecule has 0 unspecified atom stereocenters. The number of aliphatic carboxylic acids is 1. The van der Waals surface area contributed by atoms with E-state index < -0.39 is 5.97 Å². The van der Waals surface area contributed by atoms with Gasteiger partial charge in [-0.3, -0.25) is 0 Å². The van der Waals surface area contributed by atoms with Gasteiger partial charge in [-0.15, -0.1) is 0 Å². The van der Waals surface area contributed by atoms with Crippen LogP contribution in [0.1, 0.15) is 19.8 Å². The summed E-state index contributed by atoms with van der Waals surface area (Å²) in [5.74, 6) is -1.31. The molecule has 0 saturated carbocycles. The minimum atomic E-state index is -0.981. The number of esters is 1. The van der Waals surface area contributed by atoms with E-state index in [9.17, 15) is 9.59 Å². The van der Waals surface area contributed by atoms with Crippen LogP contribution in [0.15, 0.2) is 38.0 Å². The normalized spacial score (nSPS) is 6.89. The van der Waals surface area contributed by atoms with Crippen molar-refractivity contribution in [2.24, 2.45) is 0 Å². The number of ether oxygens (including phenoxy) is 1. The van der Waals surface area contributed by atoms with Crippen molar-refractivity contribution in [3.63, 3.8) is 0 Å². The summed E-state index contributed by atoms with van der Waals surface area (Å²) in [5.41, 5.74) is 0. The van der Waals surface area contributed by atoms with E-state index in [2.05, 4.69) is 24.5 Å². The van der Waals surface area contributed by atoms with Crippen LogP contribution in [0.2, 0.25) is 0 Å². The van der Waals surface area contributed by atoms with Crippen LogP contribution in [0.25, 0.3) is 0 Å². The van der Waals surface area contributed by atoms with Crippen LogP contribution in [0.4, 0.5) is 0 Å². The fourth-order valence-corrected chi connectivity index (χ4v) is 0.376. The molecule has 5 nitrogen and oxygen atoms in total. The number of nitrogens with zero attached hydrogens (tertiary/aromatic N) is 1. The van der Waals surface area contributed by atoms with Gasteiger partial charge in [0, 0.05) is 18.2 Å². The highest BCUT2D eigenvalue weighted by Gasteiger charge is 1.91. The van der Waals surface area contributed by atoms with Crippen LogP contribution >= 0.6 is 0 Å². The van der Waals surface area contributed by atoms with Gasteiger partial charge in [0.15, 0.2) is 0 Å². The van der Waals surface area contributed by atoms with Gasteiger partial charge in [-0.2, -0.15) is 5.26 Å². The molecule has 18 heavy (non-hydrogen) atoms. The first-order valence-electron chi connectivity index (χ1n) is 5.15. The lowest BCUT2D eigenvalue weighted by Crippen LogP contribution is -2.00. The van der Waals surface area contributed by atoms with Crippen molar-refractivity contribution in [1.82, 2.24) is 0 Å². The number of carboxylic acid groups (broad SMARTS) is 1. The Bertz CT molecular complexity index is 303. The number of carboxylic acids is 1. The van der Waals surface area contributed by atoms with Gasteiger partial charge in [-0.05, 0) is 6.42 Å². The summed E-state index contributed by atoms with van der Waals surface area (Å²) in [7, 11) is 0. The molecule has 0 aliphatic rings. The van der Waals surface area contributed by atoms with E-state index in [4.69, 9.17) is 10.4 Å². The maximum Gasteiger partial charge on any atom is 0.330 e. The van der Waals surface area contributed by atoms with Gasteiger partial charge in [0.05, 0.1) is 12.7 Å². The zero-order chi connectivity index (χ0) is 14.8. The quantitative estimate of drug-likeness (QED) is 0.352. The second kappa shape index (κ2) is 20.1. The Labute approximate surface area is 108 Å². The molecule has 0 aliphatic heterocycles. The number of allylic oxidation sites excluding steroid dienone is 1. The fraction of sp³-hybridized carbons (Fsp3) is 0.308. The monoisotopic (exact) mass is 253 g/mol. The molecule has 0 spiro atoms. The molecular weight excluding hydrogens is 234 g/mol. The molecule has 0 fully saturated rings. The average Bonchev–Trinajstić information content (AvgIpc) is 2.39. The maximum absolute atomic E-state index is 10.3. The first-order chi connectivity index (χ1) is 8.49. The Hall–Kier alpha value is -2.35. The SMILES string of the molecule is C=CC#N.C=CC(=O)O.C=CC(=O)OCCCC. The summed E-state index contributed by atoms with van der Waals surface area (Å²) in [5, 5.41) is 15.1. The Morgan fingerprint density at radius 1 is 1.33 bits per heavy atom. The van der Waals surface area contributed by atoms with Crippen molar-refractivity contribution < 1.29 is 19.4 Å². The van der Waals surface area contributed by atoms with E-state index in [0.29, 0.717) is 6.61 Å². The van der Waals surface area contributed by atoms with Crippen LogP contribution in [-0.2, 0) is 14.3 Å². The number of hydrogen-bond acceptors (Lipinski definition) is 4. The Kier molecular flexibility index (Phi) is 23.5. The van der Waals surface area contributed by atoms with E-state index >= 15 is 0 Å². The fourth-order valence-electron chi connectivity index (χ4n) is 0.376. The summed E-state index contributed by atoms with van der Waals surface area (Å²) in [4.78, 5) is 19.6. The molecule has 0 saturated heterocycles. The highest BCUT2D eigenvalue weighted by Crippen LogP contribution is 1.88. The number of hydrogen-bond donors (Lipinski definition) is 1. The zero-order valence-corrected chi connectivity index (χ0v) is 10.6. The topological polar surface area (TPSA) is 87.4 Å². The standard InChI is InChI=1S/C7H12O2.C3H3N.C3H4O2/c1-3-5-6-9-7(8)4-2;1-2-3-4;1-2-3(4)5/h4H,2-3,5-6H2,1H3;2H,1H2;2H,1H2,(H,4,5). The lowest BCUT2D eigenvalue weighted by atomic mass is 10.4. The minimum absolute atomic E-state index is 0.330. The number of carbonyl (C=O) groups excluding carboxylic acids is 1. The van der Waals surface area contributed by atoms with Crippen molar-refractivity contribution in [3.8, 4) is 6.07 Å². The largest absolute Gasteiger partial charge is 0.478 e. The van der Waals surface area contributed by atoms with Crippen molar-refractivity contribution in [1.29, 1.82) is 5.26 Å². The minimum Gasteiger partial charge on any atom is -0.478 e. The summed E-state index contributed by atoms with van der Waals surface area (Å²) < 4.78 is 4.67. The summed E-state index contributed by atoms with van der Waals surface area (Å²) in [6, 6.07) is 1.69. The summed E-state index contributed by atoms with van der Waals surface area (Å²) >= 11 is 0. The Morgan fingerprint density at radius 3 is 2.00 bits per heavy atom. The van der Waals surface area contributed by atoms with Crippen LogP contribution in [0.3, 0.4) is 0 Å². The predicted molar refractivity (Wildman–Crippen MR) is 69.7 cm³/mol. The van der Waals surface area contributed by atoms with Crippen LogP contribution in [-0.4, -0.2) is 23.7 Å². The molecule has 0 atom stereocenters. The van der Waals surface area contributed by atoms with Gasteiger partial charge >= 0.3 is 11.9 Å². The van der Waals surface area contributed by atoms with E-state index in [0.717, 1.165) is 18.9 Å². The molecule has 100 valence electrons. The second-order valence-electron chi connectivity index (χ2n) is 2.60. The number of unbranched alkanes of at least 4 members (excludes halogenated alkanes) is 1. The number of nitriles is 1. The first kappa shape index (κ1) is 21.0. The van der Waals surface area contributed by atoms with E-state index in [-0.39, 0.29) is 5.97 Å². The molecule has 5 heteroatoms. The Balaban J connectivity index is -0.000000212. The molecule has 0 heterocycles. The first-order valence-corrected chi connectivity index (χ1v) is 5.15. The second-order valence-corrected chi connectivity index (χ2v) is 2.60. The molecule has 0 aromatic rings. The van der Waals surface area contributed by atoms with Gasteiger partial charge < -0.3 is 9.84 Å². The van der Waals surface area contributed by atoms with Crippen LogP contribution in [0.5, 0.6) is 0 Å². The molecule has 0 aromatic carbocycles. The zero-order valence-electron chi connectivity index (χ0n) is 10.6. The third kappa shape index (κ3) is 37.3. The van der Waals surface area contributed by atoms with Crippen molar-refractivity contribution >= 4 is 11.9 Å². The third-order valence-electron chi connectivity index (χ3n) is 1.17. The summed E-state index contributed by atoms with van der Waals surface area (Å²) in [6.45, 7) is 11.9. The number of rotatable bonds is 5. The van der Waals surface area contributed by atoms with Gasteiger partial charge in [0.25, 0.3) is 0 Å². The van der Waals surface area contributed by atoms with E-state index in [1.165, 1.54) is 12.2 Å². The predicted octanol–water partition coefficient (Wildman–Crippen LogP) is 2.47. The average molecular weight is 253 g/mol. The highest BCUT2D eigenvalue weighted by atomic mass is 16.5. The van der Waals surface area contributed by atoms with E-state index in [1.54, 1.807) is 6.07 Å². The van der Waals surface area contributed by atoms with Gasteiger partial charge in [-0.25, -0.2) is 9.59 Å². The van der Waals surface area contributed by atoms with Crippen molar-refractivity contribution in [2.45, 2.75) is 19.8 Å². The van der Waals surface area contributed by atoms with Crippen molar-refractivity contribution in [3.05, 3.63) is 38.0 Å². The van der Waals surface area contributed by atoms with Crippen molar-refractivity contribution in [2.75, 3.05) is 6.61 Å². The van der Waals surface area contributed by atoms with Gasteiger partial charge in [0.1, 0.15) is 0 Å². The molecule has 0 bridgehead atoms. The third-order valence-corrected chi connectivity index (χ3v) is 1.17. The molecule has 0 aromatic heterocycles. The highest BCUT2D eigenvalue weighted by molar-refractivity contribution is 5.81. The van der Waals surface area contributed by atoms with Gasteiger partial charge in [-0.1, -0.05) is 33.1 Å². The molecule has 0 amide bonds.